The first-order chi connectivity index (χ1) is 17.9. The van der Waals surface area contributed by atoms with E-state index in [1.165, 1.54) is 10.9 Å². The summed E-state index contributed by atoms with van der Waals surface area (Å²) in [6, 6.07) is 10.2. The zero-order valence-electron chi connectivity index (χ0n) is 21.0. The average molecular weight is 547 g/mol. The zero-order valence-corrected chi connectivity index (χ0v) is 21.8. The molecule has 1 aromatic heterocycles. The van der Waals surface area contributed by atoms with Gasteiger partial charge in [-0.2, -0.15) is 0 Å². The normalized spacial score (nSPS) is 21.1. The van der Waals surface area contributed by atoms with Gasteiger partial charge in [0.2, 0.25) is 0 Å². The van der Waals surface area contributed by atoms with Crippen molar-refractivity contribution in [2.75, 3.05) is 18.4 Å². The minimum atomic E-state index is -0.864. The number of aliphatic carboxylic acids is 1. The van der Waals surface area contributed by atoms with Gasteiger partial charge in [0.1, 0.15) is 17.7 Å². The minimum Gasteiger partial charge on any atom is -0.480 e. The summed E-state index contributed by atoms with van der Waals surface area (Å²) in [5.41, 5.74) is 2.54. The van der Waals surface area contributed by atoms with Gasteiger partial charge < -0.3 is 25.6 Å². The highest BCUT2D eigenvalue weighted by atomic mass is 35.5. The van der Waals surface area contributed by atoms with E-state index in [1.807, 2.05) is 6.07 Å². The van der Waals surface area contributed by atoms with Crippen LogP contribution >= 0.6 is 12.4 Å². The van der Waals surface area contributed by atoms with E-state index in [4.69, 9.17) is 0 Å². The van der Waals surface area contributed by atoms with Crippen molar-refractivity contribution in [3.05, 3.63) is 65.9 Å². The molecule has 2 fully saturated rings. The molecule has 4 N–H and O–H groups in total. The van der Waals surface area contributed by atoms with Crippen LogP contribution in [0.5, 0.6) is 0 Å². The SMILES string of the molecule is Cl.O=C(O)C(NC1CCC(c2c[nH]c3ccccc23)CC1)C1CCN(C(=O)Nc2cc(F)cc(F)c2)CC1. The minimum absolute atomic E-state index is 0. The van der Waals surface area contributed by atoms with Gasteiger partial charge in [0, 0.05) is 48.0 Å². The molecule has 1 aliphatic carbocycles. The molecule has 38 heavy (non-hydrogen) atoms. The molecule has 2 amide bonds. The van der Waals surface area contributed by atoms with Crippen molar-refractivity contribution in [3.63, 3.8) is 0 Å². The van der Waals surface area contributed by atoms with Crippen LogP contribution in [0.25, 0.3) is 10.9 Å². The van der Waals surface area contributed by atoms with Gasteiger partial charge in [-0.05, 0) is 74.1 Å². The fourth-order valence-corrected chi connectivity index (χ4v) is 5.93. The maximum absolute atomic E-state index is 13.4. The summed E-state index contributed by atoms with van der Waals surface area (Å²) in [7, 11) is 0. The van der Waals surface area contributed by atoms with Crippen LogP contribution in [0, 0.1) is 17.6 Å². The highest BCUT2D eigenvalue weighted by Gasteiger charge is 2.35. The number of carboxylic acid groups (broad SMARTS) is 1. The number of hydrogen-bond donors (Lipinski definition) is 4. The molecule has 5 rings (SSSR count). The number of carbonyl (C=O) groups is 2. The number of urea groups is 1. The molecular weight excluding hydrogens is 514 g/mol. The number of nitrogens with zero attached hydrogens (tertiary/aromatic N) is 1. The van der Waals surface area contributed by atoms with Crippen molar-refractivity contribution in [3.8, 4) is 0 Å². The number of anilines is 1. The number of likely N-dealkylation sites (tertiary alicyclic amines) is 1. The summed E-state index contributed by atoms with van der Waals surface area (Å²) in [5, 5.41) is 17.2. The maximum Gasteiger partial charge on any atom is 0.321 e. The van der Waals surface area contributed by atoms with Crippen molar-refractivity contribution < 1.29 is 23.5 Å². The molecule has 0 spiro atoms. The number of amides is 2. The summed E-state index contributed by atoms with van der Waals surface area (Å²) < 4.78 is 26.8. The Morgan fingerprint density at radius 1 is 0.974 bits per heavy atom. The monoisotopic (exact) mass is 546 g/mol. The molecule has 2 aliphatic rings. The molecule has 0 radical (unpaired) electrons. The van der Waals surface area contributed by atoms with Gasteiger partial charge in [0.05, 0.1) is 0 Å². The highest BCUT2D eigenvalue weighted by molar-refractivity contribution is 5.89. The van der Waals surface area contributed by atoms with E-state index in [2.05, 4.69) is 40.0 Å². The molecule has 1 unspecified atom stereocenters. The molecule has 1 saturated carbocycles. The van der Waals surface area contributed by atoms with Crippen LogP contribution in [0.1, 0.15) is 50.0 Å². The molecule has 2 aromatic carbocycles. The molecular formula is C28H33ClF2N4O3. The number of fused-ring (bicyclic) bond motifs is 1. The zero-order chi connectivity index (χ0) is 25.9. The number of hydrogen-bond acceptors (Lipinski definition) is 3. The van der Waals surface area contributed by atoms with Crippen LogP contribution in [0.2, 0.25) is 0 Å². The average Bonchev–Trinajstić information content (AvgIpc) is 3.31. The van der Waals surface area contributed by atoms with Gasteiger partial charge in [-0.15, -0.1) is 12.4 Å². The molecule has 0 bridgehead atoms. The Morgan fingerprint density at radius 3 is 2.29 bits per heavy atom. The van der Waals surface area contributed by atoms with Crippen LogP contribution in [-0.2, 0) is 4.79 Å². The number of carboxylic acids is 1. The van der Waals surface area contributed by atoms with E-state index in [9.17, 15) is 23.5 Å². The number of aromatic amines is 1. The van der Waals surface area contributed by atoms with E-state index in [0.29, 0.717) is 31.8 Å². The Bertz CT molecular complexity index is 1250. The third-order valence-electron chi connectivity index (χ3n) is 7.88. The summed E-state index contributed by atoms with van der Waals surface area (Å²) in [6.45, 7) is 0.764. The smallest absolute Gasteiger partial charge is 0.321 e. The number of piperidine rings is 1. The van der Waals surface area contributed by atoms with Gasteiger partial charge in [-0.25, -0.2) is 13.6 Å². The Labute approximate surface area is 226 Å². The molecule has 1 saturated heterocycles. The number of H-pyrrole nitrogens is 1. The summed E-state index contributed by atoms with van der Waals surface area (Å²) in [4.78, 5) is 29.6. The lowest BCUT2D eigenvalue weighted by Crippen LogP contribution is -2.52. The summed E-state index contributed by atoms with van der Waals surface area (Å²) in [5.74, 6) is -2.03. The first-order valence-electron chi connectivity index (χ1n) is 12.9. The Kier molecular flexibility index (Phi) is 8.89. The van der Waals surface area contributed by atoms with Gasteiger partial charge in [-0.1, -0.05) is 18.2 Å². The van der Waals surface area contributed by atoms with Crippen molar-refractivity contribution in [2.45, 2.75) is 56.5 Å². The van der Waals surface area contributed by atoms with Crippen LogP contribution in [-0.4, -0.2) is 52.2 Å². The summed E-state index contributed by atoms with van der Waals surface area (Å²) in [6.07, 6.45) is 7.03. The van der Waals surface area contributed by atoms with Crippen LogP contribution < -0.4 is 10.6 Å². The number of benzene rings is 2. The standard InChI is InChI=1S/C28H32F2N4O3.ClH/c29-19-13-20(30)15-22(14-19)33-28(37)34-11-9-18(10-12-34)26(27(35)36)32-21-7-5-17(6-8-21)24-16-31-25-4-2-1-3-23(24)25;/h1-4,13-18,21,26,31-32H,5-12H2,(H,33,37)(H,35,36);1H. The van der Waals surface area contributed by atoms with Crippen molar-refractivity contribution in [1.29, 1.82) is 0 Å². The van der Waals surface area contributed by atoms with Crippen LogP contribution in [0.3, 0.4) is 0 Å². The lowest BCUT2D eigenvalue weighted by atomic mass is 9.80. The molecule has 2 heterocycles. The third kappa shape index (κ3) is 6.27. The lowest BCUT2D eigenvalue weighted by molar-refractivity contribution is -0.141. The molecule has 7 nitrogen and oxygen atoms in total. The van der Waals surface area contributed by atoms with Crippen molar-refractivity contribution in [2.24, 2.45) is 5.92 Å². The Morgan fingerprint density at radius 2 is 1.63 bits per heavy atom. The largest absolute Gasteiger partial charge is 0.480 e. The summed E-state index contributed by atoms with van der Waals surface area (Å²) >= 11 is 0. The maximum atomic E-state index is 13.4. The van der Waals surface area contributed by atoms with Gasteiger partial charge >= 0.3 is 12.0 Å². The van der Waals surface area contributed by atoms with Gasteiger partial charge in [-0.3, -0.25) is 4.79 Å². The first kappa shape index (κ1) is 27.9. The molecule has 1 aliphatic heterocycles. The van der Waals surface area contributed by atoms with Gasteiger partial charge in [0.15, 0.2) is 0 Å². The number of aromatic nitrogens is 1. The van der Waals surface area contributed by atoms with Crippen molar-refractivity contribution in [1.82, 2.24) is 15.2 Å². The highest BCUT2D eigenvalue weighted by Crippen LogP contribution is 2.37. The quantitative estimate of drug-likeness (QED) is 0.310. The van der Waals surface area contributed by atoms with E-state index in [0.717, 1.165) is 49.4 Å². The number of para-hydroxylation sites is 1. The number of nitrogens with one attached hydrogen (secondary N) is 3. The molecule has 204 valence electrons. The second-order valence-corrected chi connectivity index (χ2v) is 10.2. The van der Waals surface area contributed by atoms with E-state index < -0.39 is 29.7 Å². The predicted octanol–water partition coefficient (Wildman–Crippen LogP) is 5.88. The van der Waals surface area contributed by atoms with Crippen LogP contribution in [0.15, 0.2) is 48.7 Å². The van der Waals surface area contributed by atoms with E-state index in [1.54, 1.807) is 4.90 Å². The second kappa shape index (κ2) is 12.1. The first-order valence-corrected chi connectivity index (χ1v) is 12.9. The number of halogens is 3. The fraction of sp³-hybridized carbons (Fsp3) is 0.429. The fourth-order valence-electron chi connectivity index (χ4n) is 5.93. The topological polar surface area (TPSA) is 97.5 Å². The molecule has 1 atom stereocenters. The molecule has 3 aromatic rings. The molecule has 10 heteroatoms. The number of rotatable bonds is 6. The Balaban J connectivity index is 0.00000336. The number of carbonyl (C=O) groups excluding carboxylic acids is 1. The second-order valence-electron chi connectivity index (χ2n) is 10.2. The van der Waals surface area contributed by atoms with E-state index >= 15 is 0 Å². The predicted molar refractivity (Wildman–Crippen MR) is 145 cm³/mol. The lowest BCUT2D eigenvalue weighted by Gasteiger charge is -2.37. The van der Waals surface area contributed by atoms with E-state index in [-0.39, 0.29) is 30.1 Å². The van der Waals surface area contributed by atoms with Crippen LogP contribution in [0.4, 0.5) is 19.3 Å². The third-order valence-corrected chi connectivity index (χ3v) is 7.88. The van der Waals surface area contributed by atoms with Crippen molar-refractivity contribution >= 4 is 41.0 Å². The Hall–Kier alpha value is -3.17. The van der Waals surface area contributed by atoms with Gasteiger partial charge in [0.25, 0.3) is 0 Å².